The van der Waals surface area contributed by atoms with Gasteiger partial charge < -0.3 is 20.0 Å². The molecule has 40 heavy (non-hydrogen) atoms. The van der Waals surface area contributed by atoms with Gasteiger partial charge >= 0.3 is 0 Å². The van der Waals surface area contributed by atoms with Gasteiger partial charge in [0, 0.05) is 54.4 Å². The fraction of sp³-hybridized carbons (Fsp3) is 0.438. The van der Waals surface area contributed by atoms with Gasteiger partial charge in [-0.2, -0.15) is 5.26 Å². The highest BCUT2D eigenvalue weighted by atomic mass is 35.5. The number of primary amides is 1. The summed E-state index contributed by atoms with van der Waals surface area (Å²) in [5.74, 6) is -0.344. The van der Waals surface area contributed by atoms with Crippen LogP contribution in [0.2, 0.25) is 0 Å². The second-order valence-corrected chi connectivity index (χ2v) is 10.4. The standard InChI is InChI=1S/C26H27N5O2.C6H14.ClH/c27-16-18-4-6-23-22(13-18)19(17-29-23)3-1-2-8-30-9-11-31(12-10-30)21-5-7-24-20(14-21)15-25(33-24)26(28)32;1-3-5-6-4-2;/h4-7,13-15,17,29H,1-3,8-12H2,(H2,28,32);3-6H2,1-2H3;1H. The summed E-state index contributed by atoms with van der Waals surface area (Å²) >= 11 is 0. The Labute approximate surface area is 243 Å². The number of carbonyl (C=O) groups is 1. The number of furan rings is 1. The normalized spacial score (nSPS) is 13.5. The average molecular weight is 564 g/mol. The van der Waals surface area contributed by atoms with Crippen LogP contribution in [0.25, 0.3) is 21.9 Å². The Bertz CT molecular complexity index is 1410. The lowest BCUT2D eigenvalue weighted by molar-refractivity contribution is 0.0976. The second kappa shape index (κ2) is 15.4. The van der Waals surface area contributed by atoms with Crippen molar-refractivity contribution in [2.75, 3.05) is 37.6 Å². The van der Waals surface area contributed by atoms with E-state index in [0.717, 1.165) is 68.6 Å². The summed E-state index contributed by atoms with van der Waals surface area (Å²) in [6, 6.07) is 15.8. The molecule has 0 atom stereocenters. The molecule has 4 aromatic rings. The van der Waals surface area contributed by atoms with Crippen molar-refractivity contribution < 1.29 is 9.21 Å². The third-order valence-corrected chi connectivity index (χ3v) is 7.50. The number of carbonyl (C=O) groups excluding carboxylic acids is 1. The lowest BCUT2D eigenvalue weighted by Crippen LogP contribution is -2.46. The minimum Gasteiger partial charge on any atom is -0.451 e. The molecule has 8 heteroatoms. The molecule has 1 aliphatic heterocycles. The van der Waals surface area contributed by atoms with Gasteiger partial charge in [0.1, 0.15) is 5.58 Å². The number of hydrogen-bond acceptors (Lipinski definition) is 5. The van der Waals surface area contributed by atoms with Crippen molar-refractivity contribution >= 4 is 45.9 Å². The second-order valence-electron chi connectivity index (χ2n) is 10.4. The van der Waals surface area contributed by atoms with Crippen LogP contribution in [0.5, 0.6) is 0 Å². The number of piperazine rings is 1. The zero-order chi connectivity index (χ0) is 27.6. The first-order valence-electron chi connectivity index (χ1n) is 14.3. The van der Waals surface area contributed by atoms with E-state index in [9.17, 15) is 4.79 Å². The lowest BCUT2D eigenvalue weighted by Gasteiger charge is -2.36. The molecule has 0 bridgehead atoms. The maximum atomic E-state index is 11.4. The van der Waals surface area contributed by atoms with Crippen molar-refractivity contribution in [3.8, 4) is 6.07 Å². The highest BCUT2D eigenvalue weighted by molar-refractivity contribution is 5.95. The number of nitrogens with one attached hydrogen (secondary N) is 1. The first-order valence-corrected chi connectivity index (χ1v) is 14.3. The number of fused-ring (bicyclic) bond motifs is 2. The Hall–Kier alpha value is -3.47. The van der Waals surface area contributed by atoms with E-state index in [2.05, 4.69) is 47.0 Å². The van der Waals surface area contributed by atoms with E-state index in [0.29, 0.717) is 11.1 Å². The molecule has 1 amide bonds. The number of benzene rings is 2. The number of nitrogens with two attached hydrogens (primary N) is 1. The highest BCUT2D eigenvalue weighted by Gasteiger charge is 2.18. The van der Waals surface area contributed by atoms with Crippen LogP contribution in [0.1, 0.15) is 74.1 Å². The molecule has 0 spiro atoms. The fourth-order valence-corrected chi connectivity index (χ4v) is 5.18. The molecule has 214 valence electrons. The summed E-state index contributed by atoms with van der Waals surface area (Å²) in [5, 5.41) is 11.2. The van der Waals surface area contributed by atoms with Crippen molar-refractivity contribution in [2.24, 2.45) is 5.73 Å². The molecule has 0 saturated carbocycles. The Balaban J connectivity index is 0.000000570. The number of aryl methyl sites for hydroxylation is 1. The predicted octanol–water partition coefficient (Wildman–Crippen LogP) is 7.04. The average Bonchev–Trinajstić information content (AvgIpc) is 3.58. The fourth-order valence-electron chi connectivity index (χ4n) is 5.18. The molecule has 0 unspecified atom stereocenters. The van der Waals surface area contributed by atoms with Gasteiger partial charge in [0.05, 0.1) is 11.6 Å². The van der Waals surface area contributed by atoms with Gasteiger partial charge in [-0.15, -0.1) is 12.4 Å². The van der Waals surface area contributed by atoms with E-state index in [-0.39, 0.29) is 18.2 Å². The molecule has 0 aliphatic carbocycles. The van der Waals surface area contributed by atoms with Crippen LogP contribution in [0.4, 0.5) is 5.69 Å². The van der Waals surface area contributed by atoms with Crippen LogP contribution in [-0.2, 0) is 6.42 Å². The van der Waals surface area contributed by atoms with Crippen molar-refractivity contribution in [3.05, 3.63) is 65.5 Å². The minimum absolute atomic E-state index is 0. The molecule has 1 saturated heterocycles. The van der Waals surface area contributed by atoms with Crippen molar-refractivity contribution in [1.82, 2.24) is 9.88 Å². The molecule has 2 aromatic heterocycles. The number of amides is 1. The van der Waals surface area contributed by atoms with E-state index >= 15 is 0 Å². The molecular formula is C32H42ClN5O2. The first kappa shape index (κ1) is 31.1. The predicted molar refractivity (Wildman–Crippen MR) is 166 cm³/mol. The summed E-state index contributed by atoms with van der Waals surface area (Å²) in [5.41, 5.74) is 10.3. The topological polar surface area (TPSA) is 102 Å². The Morgan fingerprint density at radius 3 is 2.42 bits per heavy atom. The van der Waals surface area contributed by atoms with Crippen LogP contribution >= 0.6 is 12.4 Å². The third kappa shape index (κ3) is 8.03. The Kier molecular flexibility index (Phi) is 11.9. The number of H-pyrrole nitrogens is 1. The highest BCUT2D eigenvalue weighted by Crippen LogP contribution is 2.26. The molecule has 1 fully saturated rings. The van der Waals surface area contributed by atoms with E-state index in [1.807, 2.05) is 30.3 Å². The molecule has 3 heterocycles. The van der Waals surface area contributed by atoms with Crippen molar-refractivity contribution in [1.29, 1.82) is 5.26 Å². The largest absolute Gasteiger partial charge is 0.451 e. The van der Waals surface area contributed by atoms with Gasteiger partial charge in [-0.3, -0.25) is 9.69 Å². The van der Waals surface area contributed by atoms with Gasteiger partial charge in [-0.05, 0) is 73.8 Å². The number of nitrogens with zero attached hydrogens (tertiary/aromatic N) is 3. The van der Waals surface area contributed by atoms with Crippen LogP contribution in [0, 0.1) is 11.3 Å². The monoisotopic (exact) mass is 563 g/mol. The van der Waals surface area contributed by atoms with Gasteiger partial charge in [0.2, 0.25) is 0 Å². The van der Waals surface area contributed by atoms with Gasteiger partial charge in [0.15, 0.2) is 5.76 Å². The zero-order valence-electron chi connectivity index (χ0n) is 23.7. The molecule has 7 nitrogen and oxygen atoms in total. The van der Waals surface area contributed by atoms with E-state index in [1.165, 1.54) is 36.6 Å². The van der Waals surface area contributed by atoms with Gasteiger partial charge in [0.25, 0.3) is 5.91 Å². The third-order valence-electron chi connectivity index (χ3n) is 7.50. The van der Waals surface area contributed by atoms with Crippen LogP contribution in [0.3, 0.4) is 0 Å². The Morgan fingerprint density at radius 1 is 1.00 bits per heavy atom. The minimum atomic E-state index is -0.544. The van der Waals surface area contributed by atoms with Crippen LogP contribution in [0.15, 0.2) is 53.1 Å². The Morgan fingerprint density at radius 2 is 1.75 bits per heavy atom. The number of rotatable bonds is 10. The van der Waals surface area contributed by atoms with Gasteiger partial charge in [-0.25, -0.2) is 0 Å². The maximum Gasteiger partial charge on any atom is 0.284 e. The SMILES string of the molecule is CCCCCC.Cl.N#Cc1ccc2[nH]cc(CCCCN3CCN(c4ccc5oc(C(N)=O)cc5c4)CC3)c2c1. The summed E-state index contributed by atoms with van der Waals surface area (Å²) in [7, 11) is 0. The summed E-state index contributed by atoms with van der Waals surface area (Å²) in [6.07, 6.45) is 10.9. The molecule has 5 rings (SSSR count). The molecule has 1 aliphatic rings. The number of halogens is 1. The molecule has 0 radical (unpaired) electrons. The van der Waals surface area contributed by atoms with Crippen molar-refractivity contribution in [3.63, 3.8) is 0 Å². The first-order chi connectivity index (χ1) is 19.0. The lowest BCUT2D eigenvalue weighted by atomic mass is 10.1. The number of aromatic nitrogens is 1. The number of anilines is 1. The quantitative estimate of drug-likeness (QED) is 0.201. The summed E-state index contributed by atoms with van der Waals surface area (Å²) < 4.78 is 5.49. The van der Waals surface area contributed by atoms with Crippen molar-refractivity contribution in [2.45, 2.75) is 58.8 Å². The number of aromatic amines is 1. The maximum absolute atomic E-state index is 11.4. The number of unbranched alkanes of at least 4 members (excludes halogenated alkanes) is 4. The molecule has 3 N–H and O–H groups in total. The zero-order valence-corrected chi connectivity index (χ0v) is 24.6. The van der Waals surface area contributed by atoms with E-state index in [4.69, 9.17) is 15.4 Å². The molecular weight excluding hydrogens is 522 g/mol. The van der Waals surface area contributed by atoms with Crippen LogP contribution < -0.4 is 10.6 Å². The summed E-state index contributed by atoms with van der Waals surface area (Å²) in [6.45, 7) is 9.59. The van der Waals surface area contributed by atoms with E-state index < -0.39 is 5.91 Å². The molecule has 2 aromatic carbocycles. The summed E-state index contributed by atoms with van der Waals surface area (Å²) in [4.78, 5) is 19.6. The van der Waals surface area contributed by atoms with Gasteiger partial charge in [-0.1, -0.05) is 39.5 Å². The smallest absolute Gasteiger partial charge is 0.284 e. The number of hydrogen-bond donors (Lipinski definition) is 2. The van der Waals surface area contributed by atoms with E-state index in [1.54, 1.807) is 6.07 Å². The number of nitriles is 1. The van der Waals surface area contributed by atoms with Crippen LogP contribution in [-0.4, -0.2) is 48.5 Å².